The fourth-order valence-electron chi connectivity index (χ4n) is 2.89. The number of aryl methyl sites for hydroxylation is 3. The minimum absolute atomic E-state index is 0. The summed E-state index contributed by atoms with van der Waals surface area (Å²) >= 11 is 1.67. The third kappa shape index (κ3) is 2.71. The molecule has 2 aromatic carbocycles. The standard InChI is InChI=1S/C18H15N4S.Ir/c1-11-6-4-7-12(2)16(11)22-18(19-10-20-22)14-8-5-9-15-17(14)23-13(3)21-15;/h4-7,9-10H,1-3H3;/q-1;. The molecule has 24 heavy (non-hydrogen) atoms. The predicted octanol–water partition coefficient (Wildman–Crippen LogP) is 4.27. The van der Waals surface area contributed by atoms with Crippen LogP contribution in [0, 0.1) is 26.8 Å². The van der Waals surface area contributed by atoms with Crippen LogP contribution in [0.2, 0.25) is 0 Å². The SMILES string of the molecule is Cc1nc2cc[c-]c(-c3ncnn3-c3c(C)cccc3C)c2s1.[Ir]. The number of rotatable bonds is 2. The van der Waals surface area contributed by atoms with Gasteiger partial charge in [-0.05, 0) is 42.1 Å². The molecule has 2 aromatic heterocycles. The van der Waals surface area contributed by atoms with E-state index in [9.17, 15) is 0 Å². The molecule has 0 aliphatic carbocycles. The summed E-state index contributed by atoms with van der Waals surface area (Å²) in [7, 11) is 0. The second kappa shape index (κ2) is 6.55. The molecular formula is C18H15IrN4S-. The zero-order chi connectivity index (χ0) is 16.0. The first-order valence-electron chi connectivity index (χ1n) is 7.40. The van der Waals surface area contributed by atoms with Gasteiger partial charge in [-0.1, -0.05) is 23.8 Å². The van der Waals surface area contributed by atoms with Crippen molar-refractivity contribution >= 4 is 21.6 Å². The topological polar surface area (TPSA) is 43.6 Å². The Morgan fingerprint density at radius 2 is 1.83 bits per heavy atom. The molecule has 1 radical (unpaired) electrons. The van der Waals surface area contributed by atoms with Gasteiger partial charge in [-0.3, -0.25) is 14.6 Å². The van der Waals surface area contributed by atoms with Gasteiger partial charge in [0.05, 0.1) is 16.5 Å². The first kappa shape index (κ1) is 17.0. The Morgan fingerprint density at radius 1 is 1.08 bits per heavy atom. The van der Waals surface area contributed by atoms with E-state index in [1.807, 2.05) is 23.7 Å². The van der Waals surface area contributed by atoms with Crippen molar-refractivity contribution in [2.45, 2.75) is 20.8 Å². The van der Waals surface area contributed by atoms with E-state index in [2.05, 4.69) is 53.2 Å². The van der Waals surface area contributed by atoms with Crippen LogP contribution in [0.1, 0.15) is 16.1 Å². The van der Waals surface area contributed by atoms with Gasteiger partial charge in [0, 0.05) is 20.1 Å². The second-order valence-corrected chi connectivity index (χ2v) is 6.74. The van der Waals surface area contributed by atoms with Gasteiger partial charge in [-0.15, -0.1) is 18.2 Å². The number of hydrogen-bond donors (Lipinski definition) is 0. The summed E-state index contributed by atoms with van der Waals surface area (Å²) in [6, 6.07) is 13.5. The van der Waals surface area contributed by atoms with Gasteiger partial charge >= 0.3 is 0 Å². The molecule has 0 saturated carbocycles. The number of hydrogen-bond acceptors (Lipinski definition) is 4. The fraction of sp³-hybridized carbons (Fsp3) is 0.167. The molecule has 0 bridgehead atoms. The zero-order valence-electron chi connectivity index (χ0n) is 13.5. The molecule has 0 saturated heterocycles. The number of benzene rings is 2. The summed E-state index contributed by atoms with van der Waals surface area (Å²) in [6.45, 7) is 6.20. The van der Waals surface area contributed by atoms with Crippen LogP contribution in [0.25, 0.3) is 27.3 Å². The number of fused-ring (bicyclic) bond motifs is 1. The normalized spacial score (nSPS) is 10.8. The van der Waals surface area contributed by atoms with E-state index >= 15 is 0 Å². The van der Waals surface area contributed by atoms with Crippen molar-refractivity contribution in [2.24, 2.45) is 0 Å². The Balaban J connectivity index is 0.00000169. The number of nitrogens with zero attached hydrogens (tertiary/aromatic N) is 4. The largest absolute Gasteiger partial charge is 0.264 e. The summed E-state index contributed by atoms with van der Waals surface area (Å²) < 4.78 is 3.01. The number of thiazole rings is 1. The number of para-hydroxylation sites is 1. The average Bonchev–Trinajstić information content (AvgIpc) is 3.12. The van der Waals surface area contributed by atoms with Crippen molar-refractivity contribution in [2.75, 3.05) is 0 Å². The van der Waals surface area contributed by atoms with E-state index in [0.717, 1.165) is 32.3 Å². The Labute approximate surface area is 157 Å². The predicted molar refractivity (Wildman–Crippen MR) is 93.0 cm³/mol. The van der Waals surface area contributed by atoms with Crippen LogP contribution in [-0.2, 0) is 20.1 Å². The molecule has 4 rings (SSSR count). The van der Waals surface area contributed by atoms with Gasteiger partial charge in [-0.25, -0.2) is 0 Å². The van der Waals surface area contributed by atoms with E-state index in [1.165, 1.54) is 11.1 Å². The molecule has 2 heterocycles. The van der Waals surface area contributed by atoms with E-state index in [-0.39, 0.29) is 20.1 Å². The van der Waals surface area contributed by atoms with Crippen LogP contribution in [0.4, 0.5) is 0 Å². The first-order chi connectivity index (χ1) is 11.1. The van der Waals surface area contributed by atoms with Gasteiger partial charge < -0.3 is 0 Å². The molecule has 123 valence electrons. The van der Waals surface area contributed by atoms with Crippen LogP contribution in [0.3, 0.4) is 0 Å². The first-order valence-corrected chi connectivity index (χ1v) is 8.21. The molecule has 0 N–H and O–H groups in total. The maximum Gasteiger partial charge on any atom is 0.127 e. The van der Waals surface area contributed by atoms with Crippen LogP contribution >= 0.6 is 11.3 Å². The Hall–Kier alpha value is -1.88. The van der Waals surface area contributed by atoms with Crippen LogP contribution in [-0.4, -0.2) is 19.7 Å². The third-order valence-corrected chi connectivity index (χ3v) is 4.88. The van der Waals surface area contributed by atoms with Crippen LogP contribution in [0.15, 0.2) is 36.7 Å². The van der Waals surface area contributed by atoms with E-state index in [1.54, 1.807) is 17.7 Å². The molecule has 0 amide bonds. The van der Waals surface area contributed by atoms with Crippen molar-refractivity contribution in [3.8, 4) is 17.1 Å². The summed E-state index contributed by atoms with van der Waals surface area (Å²) in [5.74, 6) is 0.802. The summed E-state index contributed by atoms with van der Waals surface area (Å²) in [5.41, 5.74) is 5.35. The maximum atomic E-state index is 4.56. The van der Waals surface area contributed by atoms with Gasteiger partial charge in [0.2, 0.25) is 0 Å². The molecule has 6 heteroatoms. The zero-order valence-corrected chi connectivity index (χ0v) is 16.7. The molecule has 4 aromatic rings. The smallest absolute Gasteiger partial charge is 0.127 e. The third-order valence-electron chi connectivity index (χ3n) is 3.88. The average molecular weight is 512 g/mol. The molecule has 0 aliphatic heterocycles. The van der Waals surface area contributed by atoms with Crippen molar-refractivity contribution in [1.29, 1.82) is 0 Å². The van der Waals surface area contributed by atoms with Gasteiger partial charge in [0.1, 0.15) is 6.33 Å². The molecular weight excluding hydrogens is 497 g/mol. The van der Waals surface area contributed by atoms with Crippen LogP contribution in [0.5, 0.6) is 0 Å². The molecule has 0 spiro atoms. The van der Waals surface area contributed by atoms with Crippen molar-refractivity contribution in [3.63, 3.8) is 0 Å². The van der Waals surface area contributed by atoms with E-state index in [4.69, 9.17) is 0 Å². The monoisotopic (exact) mass is 512 g/mol. The Bertz CT molecular complexity index is 999. The van der Waals surface area contributed by atoms with Crippen molar-refractivity contribution in [1.82, 2.24) is 19.7 Å². The quantitative estimate of drug-likeness (QED) is 0.378. The van der Waals surface area contributed by atoms with Gasteiger partial charge in [-0.2, -0.15) is 16.4 Å². The number of aromatic nitrogens is 4. The summed E-state index contributed by atoms with van der Waals surface area (Å²) in [6.07, 6.45) is 1.60. The molecule has 0 unspecified atom stereocenters. The molecule has 0 aliphatic rings. The Morgan fingerprint density at radius 3 is 2.58 bits per heavy atom. The Kier molecular flexibility index (Phi) is 4.63. The summed E-state index contributed by atoms with van der Waals surface area (Å²) in [5, 5.41) is 5.51. The van der Waals surface area contributed by atoms with Crippen LogP contribution < -0.4 is 0 Å². The molecule has 0 atom stereocenters. The minimum atomic E-state index is 0. The molecule has 0 fully saturated rings. The van der Waals surface area contributed by atoms with Crippen molar-refractivity contribution in [3.05, 3.63) is 58.9 Å². The maximum absolute atomic E-state index is 4.56. The van der Waals surface area contributed by atoms with E-state index < -0.39 is 0 Å². The summed E-state index contributed by atoms with van der Waals surface area (Å²) in [4.78, 5) is 9.07. The van der Waals surface area contributed by atoms with Gasteiger partial charge in [0.15, 0.2) is 0 Å². The van der Waals surface area contributed by atoms with E-state index in [0.29, 0.717) is 0 Å². The molecule has 4 nitrogen and oxygen atoms in total. The minimum Gasteiger partial charge on any atom is -0.264 e. The fourth-order valence-corrected chi connectivity index (χ4v) is 3.80. The van der Waals surface area contributed by atoms with Crippen molar-refractivity contribution < 1.29 is 20.1 Å². The van der Waals surface area contributed by atoms with Gasteiger partial charge in [0.25, 0.3) is 0 Å². The second-order valence-electron chi connectivity index (χ2n) is 5.54.